The second-order valence-electron chi connectivity index (χ2n) is 4.34. The van der Waals surface area contributed by atoms with Gasteiger partial charge in [-0.25, -0.2) is 0 Å². The number of thioether (sulfide) groups is 1. The highest BCUT2D eigenvalue weighted by Crippen LogP contribution is 2.25. The first-order valence-corrected chi connectivity index (χ1v) is 8.19. The lowest BCUT2D eigenvalue weighted by atomic mass is 10.2. The highest BCUT2D eigenvalue weighted by Gasteiger charge is 2.06. The van der Waals surface area contributed by atoms with Gasteiger partial charge in [-0.2, -0.15) is 11.8 Å². The van der Waals surface area contributed by atoms with Crippen LogP contribution in [0, 0.1) is 0 Å². The van der Waals surface area contributed by atoms with Gasteiger partial charge in [-0.15, -0.1) is 0 Å². The second-order valence-corrected chi connectivity index (χ2v) is 5.32. The molecular formula is C15H25NO3S. The Bertz CT molecular complexity index is 374. The SMILES string of the molecule is COCCNCc1ccc(OC)cc1OCCCSC. The molecule has 0 aliphatic carbocycles. The molecule has 0 fully saturated rings. The van der Waals surface area contributed by atoms with Crippen LogP contribution in [0.3, 0.4) is 0 Å². The Morgan fingerprint density at radius 2 is 2.05 bits per heavy atom. The van der Waals surface area contributed by atoms with Gasteiger partial charge in [0, 0.05) is 31.8 Å². The van der Waals surface area contributed by atoms with E-state index < -0.39 is 0 Å². The Labute approximate surface area is 126 Å². The van der Waals surface area contributed by atoms with E-state index in [-0.39, 0.29) is 0 Å². The Morgan fingerprint density at radius 1 is 1.20 bits per heavy atom. The first-order chi connectivity index (χ1) is 9.81. The van der Waals surface area contributed by atoms with Crippen molar-refractivity contribution in [3.05, 3.63) is 23.8 Å². The summed E-state index contributed by atoms with van der Waals surface area (Å²) in [6.45, 7) is 3.04. The predicted octanol–water partition coefficient (Wildman–Crippen LogP) is 2.56. The summed E-state index contributed by atoms with van der Waals surface area (Å²) in [5.41, 5.74) is 1.14. The number of hydrogen-bond donors (Lipinski definition) is 1. The van der Waals surface area contributed by atoms with Crippen LogP contribution in [0.15, 0.2) is 18.2 Å². The van der Waals surface area contributed by atoms with E-state index >= 15 is 0 Å². The number of nitrogens with one attached hydrogen (secondary N) is 1. The van der Waals surface area contributed by atoms with Crippen LogP contribution in [0.2, 0.25) is 0 Å². The molecule has 1 rings (SSSR count). The first kappa shape index (κ1) is 17.1. The molecule has 0 aliphatic heterocycles. The molecule has 0 saturated heterocycles. The zero-order valence-corrected chi connectivity index (χ0v) is 13.4. The lowest BCUT2D eigenvalue weighted by Crippen LogP contribution is -2.19. The van der Waals surface area contributed by atoms with Crippen molar-refractivity contribution in [3.63, 3.8) is 0 Å². The molecule has 20 heavy (non-hydrogen) atoms. The lowest BCUT2D eigenvalue weighted by molar-refractivity contribution is 0.199. The highest BCUT2D eigenvalue weighted by atomic mass is 32.2. The number of rotatable bonds is 11. The van der Waals surface area contributed by atoms with Crippen molar-refractivity contribution in [2.45, 2.75) is 13.0 Å². The third-order valence-corrected chi connectivity index (χ3v) is 3.52. The molecule has 0 bridgehead atoms. The molecule has 5 heteroatoms. The maximum Gasteiger partial charge on any atom is 0.127 e. The summed E-state index contributed by atoms with van der Waals surface area (Å²) in [7, 11) is 3.37. The molecule has 0 spiro atoms. The van der Waals surface area contributed by atoms with Gasteiger partial charge in [0.2, 0.25) is 0 Å². The number of hydrogen-bond acceptors (Lipinski definition) is 5. The maximum absolute atomic E-state index is 5.87. The van der Waals surface area contributed by atoms with Crippen LogP contribution in [-0.2, 0) is 11.3 Å². The van der Waals surface area contributed by atoms with Gasteiger partial charge < -0.3 is 19.5 Å². The summed E-state index contributed by atoms with van der Waals surface area (Å²) >= 11 is 1.84. The van der Waals surface area contributed by atoms with Crippen LogP contribution in [0.1, 0.15) is 12.0 Å². The minimum atomic E-state index is 0.708. The zero-order chi connectivity index (χ0) is 14.6. The molecule has 0 atom stereocenters. The fourth-order valence-electron chi connectivity index (χ4n) is 1.72. The second kappa shape index (κ2) is 10.8. The van der Waals surface area contributed by atoms with Crippen LogP contribution >= 0.6 is 11.8 Å². The van der Waals surface area contributed by atoms with Crippen LogP contribution < -0.4 is 14.8 Å². The summed E-state index contributed by atoms with van der Waals surface area (Å²) in [5, 5.41) is 3.33. The van der Waals surface area contributed by atoms with Crippen molar-refractivity contribution >= 4 is 11.8 Å². The van der Waals surface area contributed by atoms with Crippen LogP contribution in [-0.4, -0.2) is 46.0 Å². The molecule has 0 saturated carbocycles. The van der Waals surface area contributed by atoms with Gasteiger partial charge in [-0.05, 0) is 24.5 Å². The number of benzene rings is 1. The van der Waals surface area contributed by atoms with Gasteiger partial charge in [-0.3, -0.25) is 0 Å². The fraction of sp³-hybridized carbons (Fsp3) is 0.600. The maximum atomic E-state index is 5.87. The molecule has 1 aromatic rings. The number of methoxy groups -OCH3 is 2. The minimum absolute atomic E-state index is 0.708. The molecule has 0 aromatic heterocycles. The van der Waals surface area contributed by atoms with Gasteiger partial charge >= 0.3 is 0 Å². The highest BCUT2D eigenvalue weighted by molar-refractivity contribution is 7.98. The molecule has 4 nitrogen and oxygen atoms in total. The quantitative estimate of drug-likeness (QED) is 0.636. The van der Waals surface area contributed by atoms with E-state index in [2.05, 4.69) is 11.6 Å². The predicted molar refractivity (Wildman–Crippen MR) is 85.1 cm³/mol. The summed E-state index contributed by atoms with van der Waals surface area (Å²) in [6.07, 6.45) is 3.16. The van der Waals surface area contributed by atoms with Gasteiger partial charge in [0.1, 0.15) is 11.5 Å². The minimum Gasteiger partial charge on any atom is -0.497 e. The van der Waals surface area contributed by atoms with Crippen molar-refractivity contribution in [2.75, 3.05) is 46.0 Å². The Balaban J connectivity index is 2.56. The lowest BCUT2D eigenvalue weighted by Gasteiger charge is -2.13. The molecule has 1 aromatic carbocycles. The van der Waals surface area contributed by atoms with E-state index in [1.165, 1.54) is 0 Å². The summed E-state index contributed by atoms with van der Waals surface area (Å²) in [6, 6.07) is 5.96. The fourth-order valence-corrected chi connectivity index (χ4v) is 2.13. The molecule has 0 amide bonds. The zero-order valence-electron chi connectivity index (χ0n) is 12.6. The standard InChI is InChI=1S/C15H25NO3S/c1-17-9-7-16-12-13-5-6-14(18-2)11-15(13)19-8-4-10-20-3/h5-6,11,16H,4,7-10,12H2,1-3H3. The van der Waals surface area contributed by atoms with Crippen LogP contribution in [0.4, 0.5) is 0 Å². The Morgan fingerprint density at radius 3 is 2.75 bits per heavy atom. The smallest absolute Gasteiger partial charge is 0.127 e. The monoisotopic (exact) mass is 299 g/mol. The van der Waals surface area contributed by atoms with Crippen molar-refractivity contribution in [1.82, 2.24) is 5.32 Å². The van der Waals surface area contributed by atoms with Crippen molar-refractivity contribution in [2.24, 2.45) is 0 Å². The topological polar surface area (TPSA) is 39.7 Å². The Kier molecular flexibility index (Phi) is 9.28. The molecule has 0 unspecified atom stereocenters. The Hall–Kier alpha value is -0.910. The van der Waals surface area contributed by atoms with Gasteiger partial charge in [-0.1, -0.05) is 6.07 Å². The van der Waals surface area contributed by atoms with E-state index in [9.17, 15) is 0 Å². The molecule has 0 aliphatic rings. The van der Waals surface area contributed by atoms with E-state index in [1.54, 1.807) is 14.2 Å². The molecule has 0 heterocycles. The van der Waals surface area contributed by atoms with E-state index in [0.717, 1.165) is 48.9 Å². The largest absolute Gasteiger partial charge is 0.497 e. The average Bonchev–Trinajstić information content (AvgIpc) is 2.49. The van der Waals surface area contributed by atoms with Gasteiger partial charge in [0.15, 0.2) is 0 Å². The van der Waals surface area contributed by atoms with E-state index in [0.29, 0.717) is 6.61 Å². The van der Waals surface area contributed by atoms with Crippen molar-refractivity contribution in [3.8, 4) is 11.5 Å². The molecular weight excluding hydrogens is 274 g/mol. The molecule has 114 valence electrons. The average molecular weight is 299 g/mol. The third kappa shape index (κ3) is 6.50. The summed E-state index contributed by atoms with van der Waals surface area (Å²) < 4.78 is 16.2. The van der Waals surface area contributed by atoms with Crippen molar-refractivity contribution < 1.29 is 14.2 Å². The van der Waals surface area contributed by atoms with Gasteiger partial charge in [0.05, 0.1) is 20.3 Å². The van der Waals surface area contributed by atoms with Gasteiger partial charge in [0.25, 0.3) is 0 Å². The third-order valence-electron chi connectivity index (χ3n) is 2.82. The first-order valence-electron chi connectivity index (χ1n) is 6.80. The van der Waals surface area contributed by atoms with Crippen molar-refractivity contribution in [1.29, 1.82) is 0 Å². The van der Waals surface area contributed by atoms with Crippen LogP contribution in [0.25, 0.3) is 0 Å². The van der Waals surface area contributed by atoms with E-state index in [1.807, 2.05) is 30.0 Å². The normalized spacial score (nSPS) is 10.6. The van der Waals surface area contributed by atoms with E-state index in [4.69, 9.17) is 14.2 Å². The number of ether oxygens (including phenoxy) is 3. The summed E-state index contributed by atoms with van der Waals surface area (Å²) in [5.74, 6) is 2.84. The summed E-state index contributed by atoms with van der Waals surface area (Å²) in [4.78, 5) is 0. The molecule has 0 radical (unpaired) electrons. The van der Waals surface area contributed by atoms with Crippen LogP contribution in [0.5, 0.6) is 11.5 Å². The molecule has 1 N–H and O–H groups in total.